The maximum Gasteiger partial charge on any atom is 0.348 e. The highest BCUT2D eigenvalue weighted by Gasteiger charge is 2.25. The van der Waals surface area contributed by atoms with Gasteiger partial charge in [-0.1, -0.05) is 12.1 Å². The molecule has 6 heteroatoms. The summed E-state index contributed by atoms with van der Waals surface area (Å²) in [5.41, 5.74) is 0.529. The Morgan fingerprint density at radius 3 is 2.71 bits per heavy atom. The second-order valence-corrected chi connectivity index (χ2v) is 5.47. The van der Waals surface area contributed by atoms with Gasteiger partial charge in [-0.25, -0.2) is 14.5 Å². The van der Waals surface area contributed by atoms with Gasteiger partial charge in [-0.05, 0) is 45.1 Å². The lowest BCUT2D eigenvalue weighted by Crippen LogP contribution is -2.31. The molecule has 1 aliphatic rings. The van der Waals surface area contributed by atoms with Crippen molar-refractivity contribution in [3.05, 3.63) is 40.6 Å². The van der Waals surface area contributed by atoms with Crippen molar-refractivity contribution in [3.8, 4) is 11.4 Å². The van der Waals surface area contributed by atoms with Crippen molar-refractivity contribution in [2.45, 2.75) is 18.8 Å². The Labute approximate surface area is 123 Å². The van der Waals surface area contributed by atoms with Crippen LogP contribution < -0.4 is 10.4 Å². The molecule has 0 atom stereocenters. The van der Waals surface area contributed by atoms with Crippen LogP contribution in [-0.2, 0) is 0 Å². The number of aromatic amines is 1. The molecule has 1 aromatic heterocycles. The number of ether oxygens (including phenoxy) is 1. The zero-order valence-electron chi connectivity index (χ0n) is 12.4. The van der Waals surface area contributed by atoms with Crippen LogP contribution in [0.25, 0.3) is 5.69 Å². The molecule has 0 amide bonds. The smallest absolute Gasteiger partial charge is 0.348 e. The van der Waals surface area contributed by atoms with Crippen molar-refractivity contribution in [1.29, 1.82) is 0 Å². The number of nitrogens with one attached hydrogen (secondary N) is 1. The van der Waals surface area contributed by atoms with Gasteiger partial charge in [0.1, 0.15) is 11.6 Å². The van der Waals surface area contributed by atoms with Gasteiger partial charge in [0.05, 0.1) is 12.8 Å². The molecule has 112 valence electrons. The van der Waals surface area contributed by atoms with E-state index in [0.717, 1.165) is 37.4 Å². The number of hydrogen-bond donors (Lipinski definition) is 1. The van der Waals surface area contributed by atoms with E-state index in [0.29, 0.717) is 11.7 Å². The molecule has 1 aliphatic heterocycles. The molecule has 21 heavy (non-hydrogen) atoms. The number of likely N-dealkylation sites (tertiary alicyclic amines) is 1. The van der Waals surface area contributed by atoms with E-state index in [9.17, 15) is 4.79 Å². The molecule has 0 radical (unpaired) electrons. The SMILES string of the molecule is COc1ccccc1-n1c(C2CCN(C)CC2)n[nH]c1=O. The van der Waals surface area contributed by atoms with Crippen molar-refractivity contribution in [3.63, 3.8) is 0 Å². The monoisotopic (exact) mass is 288 g/mol. The fourth-order valence-electron chi connectivity index (χ4n) is 2.90. The van der Waals surface area contributed by atoms with E-state index in [4.69, 9.17) is 4.74 Å². The molecule has 0 aliphatic carbocycles. The first-order valence-electron chi connectivity index (χ1n) is 7.20. The molecule has 2 aromatic rings. The quantitative estimate of drug-likeness (QED) is 0.927. The van der Waals surface area contributed by atoms with Gasteiger partial charge < -0.3 is 9.64 Å². The Hall–Kier alpha value is -2.08. The Kier molecular flexibility index (Phi) is 3.79. The van der Waals surface area contributed by atoms with E-state index in [-0.39, 0.29) is 5.69 Å². The van der Waals surface area contributed by atoms with Gasteiger partial charge in [-0.2, -0.15) is 5.10 Å². The van der Waals surface area contributed by atoms with Crippen LogP contribution in [0.2, 0.25) is 0 Å². The summed E-state index contributed by atoms with van der Waals surface area (Å²) in [7, 11) is 3.73. The predicted octanol–water partition coefficient (Wildman–Crippen LogP) is 1.38. The summed E-state index contributed by atoms with van der Waals surface area (Å²) in [6, 6.07) is 7.53. The number of methoxy groups -OCH3 is 1. The number of nitrogens with zero attached hydrogens (tertiary/aromatic N) is 3. The van der Waals surface area contributed by atoms with Crippen LogP contribution >= 0.6 is 0 Å². The summed E-state index contributed by atoms with van der Waals surface area (Å²) in [6.07, 6.45) is 2.02. The molecule has 0 spiro atoms. The van der Waals surface area contributed by atoms with Crippen molar-refractivity contribution in [1.82, 2.24) is 19.7 Å². The highest BCUT2D eigenvalue weighted by atomic mass is 16.5. The van der Waals surface area contributed by atoms with E-state index in [2.05, 4.69) is 22.1 Å². The number of hydrogen-bond acceptors (Lipinski definition) is 4. The van der Waals surface area contributed by atoms with E-state index >= 15 is 0 Å². The van der Waals surface area contributed by atoms with Gasteiger partial charge in [-0.15, -0.1) is 0 Å². The molecule has 1 saturated heterocycles. The first-order valence-corrected chi connectivity index (χ1v) is 7.20. The van der Waals surface area contributed by atoms with E-state index in [1.165, 1.54) is 0 Å². The number of rotatable bonds is 3. The minimum absolute atomic E-state index is 0.214. The Morgan fingerprint density at radius 1 is 1.29 bits per heavy atom. The fraction of sp³-hybridized carbons (Fsp3) is 0.467. The second-order valence-electron chi connectivity index (χ2n) is 5.47. The Balaban J connectivity index is 2.03. The largest absolute Gasteiger partial charge is 0.495 e. The summed E-state index contributed by atoms with van der Waals surface area (Å²) < 4.78 is 7.02. The zero-order valence-corrected chi connectivity index (χ0v) is 12.4. The second kappa shape index (κ2) is 5.73. The summed E-state index contributed by atoms with van der Waals surface area (Å²) in [5, 5.41) is 6.85. The third-order valence-corrected chi connectivity index (χ3v) is 4.11. The lowest BCUT2D eigenvalue weighted by molar-refractivity contribution is 0.250. The van der Waals surface area contributed by atoms with Crippen molar-refractivity contribution < 1.29 is 4.74 Å². The maximum absolute atomic E-state index is 12.2. The molecule has 3 rings (SSSR count). The highest BCUT2D eigenvalue weighted by molar-refractivity contribution is 5.47. The van der Waals surface area contributed by atoms with Crippen LogP contribution in [-0.4, -0.2) is 46.9 Å². The van der Waals surface area contributed by atoms with Gasteiger partial charge in [0.25, 0.3) is 0 Å². The molecular formula is C15H20N4O2. The normalized spacial score (nSPS) is 17.0. The van der Waals surface area contributed by atoms with E-state index < -0.39 is 0 Å². The average molecular weight is 288 g/mol. The molecule has 1 aromatic carbocycles. The summed E-state index contributed by atoms with van der Waals surface area (Å²) in [5.74, 6) is 1.78. The van der Waals surface area contributed by atoms with Crippen LogP contribution in [0, 0.1) is 0 Å². The van der Waals surface area contributed by atoms with Crippen molar-refractivity contribution in [2.24, 2.45) is 0 Å². The van der Waals surface area contributed by atoms with Crippen molar-refractivity contribution in [2.75, 3.05) is 27.2 Å². The first kappa shape index (κ1) is 13.9. The van der Waals surface area contributed by atoms with Crippen LogP contribution in [0.4, 0.5) is 0 Å². The van der Waals surface area contributed by atoms with Crippen molar-refractivity contribution >= 4 is 0 Å². The van der Waals surface area contributed by atoms with Crippen LogP contribution in [0.5, 0.6) is 5.75 Å². The highest BCUT2D eigenvalue weighted by Crippen LogP contribution is 2.29. The summed E-state index contributed by atoms with van der Waals surface area (Å²) in [4.78, 5) is 14.5. The maximum atomic E-state index is 12.2. The van der Waals surface area contributed by atoms with Crippen LogP contribution in [0.3, 0.4) is 0 Å². The molecule has 1 N–H and O–H groups in total. The fourth-order valence-corrected chi connectivity index (χ4v) is 2.90. The molecule has 0 saturated carbocycles. The van der Waals surface area contributed by atoms with E-state index in [1.807, 2.05) is 24.3 Å². The zero-order chi connectivity index (χ0) is 14.8. The Morgan fingerprint density at radius 2 is 2.00 bits per heavy atom. The third-order valence-electron chi connectivity index (χ3n) is 4.11. The van der Waals surface area contributed by atoms with E-state index in [1.54, 1.807) is 11.7 Å². The molecule has 1 fully saturated rings. The molecular weight excluding hydrogens is 268 g/mol. The summed E-state index contributed by atoms with van der Waals surface area (Å²) in [6.45, 7) is 2.05. The predicted molar refractivity (Wildman–Crippen MR) is 80.2 cm³/mol. The number of benzene rings is 1. The molecule has 2 heterocycles. The topological polar surface area (TPSA) is 63.1 Å². The lowest BCUT2D eigenvalue weighted by atomic mass is 9.96. The van der Waals surface area contributed by atoms with Gasteiger partial charge in [0.15, 0.2) is 0 Å². The van der Waals surface area contributed by atoms with Gasteiger partial charge in [-0.3, -0.25) is 0 Å². The molecule has 0 bridgehead atoms. The van der Waals surface area contributed by atoms with Crippen LogP contribution in [0.15, 0.2) is 29.1 Å². The lowest BCUT2D eigenvalue weighted by Gasteiger charge is -2.28. The average Bonchev–Trinajstić information content (AvgIpc) is 2.89. The van der Waals surface area contributed by atoms with Crippen LogP contribution in [0.1, 0.15) is 24.6 Å². The first-order chi connectivity index (χ1) is 10.2. The Bertz CT molecular complexity index is 668. The molecule has 6 nitrogen and oxygen atoms in total. The van der Waals surface area contributed by atoms with Gasteiger partial charge in [0.2, 0.25) is 0 Å². The third kappa shape index (κ3) is 2.58. The van der Waals surface area contributed by atoms with Gasteiger partial charge in [0, 0.05) is 5.92 Å². The minimum Gasteiger partial charge on any atom is -0.495 e. The number of para-hydroxylation sites is 2. The minimum atomic E-state index is -0.214. The number of aromatic nitrogens is 3. The van der Waals surface area contributed by atoms with Gasteiger partial charge >= 0.3 is 5.69 Å². The summed E-state index contributed by atoms with van der Waals surface area (Å²) >= 11 is 0. The standard InChI is InChI=1S/C15H20N4O2/c1-18-9-7-11(8-10-18)14-16-17-15(20)19(14)12-5-3-4-6-13(12)21-2/h3-6,11H,7-10H2,1-2H3,(H,17,20). The number of H-pyrrole nitrogens is 1. The molecule has 0 unspecified atom stereocenters. The number of piperidine rings is 1.